The lowest BCUT2D eigenvalue weighted by Crippen LogP contribution is -1.80. The molecule has 0 fully saturated rings. The van der Waals surface area contributed by atoms with Gasteiger partial charge in [-0.05, 0) is 23.1 Å². The van der Waals surface area contributed by atoms with Crippen LogP contribution in [0.2, 0.25) is 0 Å². The van der Waals surface area contributed by atoms with E-state index in [1.54, 1.807) is 11.3 Å². The zero-order valence-electron chi connectivity index (χ0n) is 7.24. The van der Waals surface area contributed by atoms with E-state index < -0.39 is 0 Å². The molecule has 0 unspecified atom stereocenters. The van der Waals surface area contributed by atoms with Gasteiger partial charge in [-0.3, -0.25) is 4.79 Å². The monoisotopic (exact) mass is 266 g/mol. The van der Waals surface area contributed by atoms with Crippen LogP contribution in [0.1, 0.15) is 10.4 Å². The normalized spacial score (nSPS) is 10.1. The molecule has 14 heavy (non-hydrogen) atoms. The molecule has 1 aromatic heterocycles. The summed E-state index contributed by atoms with van der Waals surface area (Å²) in [6, 6.07) is 7.95. The highest BCUT2D eigenvalue weighted by Crippen LogP contribution is 2.27. The SMILES string of the molecule is O=Cc1cscc1-c1ccc(Br)cc1. The van der Waals surface area contributed by atoms with Crippen molar-refractivity contribution in [2.45, 2.75) is 0 Å². The third-order valence-corrected chi connectivity index (χ3v) is 3.26. The molecule has 0 N–H and O–H groups in total. The second-order valence-electron chi connectivity index (χ2n) is 2.87. The summed E-state index contributed by atoms with van der Waals surface area (Å²) in [6.45, 7) is 0. The highest BCUT2D eigenvalue weighted by molar-refractivity contribution is 9.10. The van der Waals surface area contributed by atoms with Gasteiger partial charge in [0.25, 0.3) is 0 Å². The highest BCUT2D eigenvalue weighted by atomic mass is 79.9. The summed E-state index contributed by atoms with van der Waals surface area (Å²) < 4.78 is 1.05. The van der Waals surface area contributed by atoms with E-state index in [-0.39, 0.29) is 0 Å². The van der Waals surface area contributed by atoms with Gasteiger partial charge in [-0.2, -0.15) is 11.3 Å². The Morgan fingerprint density at radius 2 is 1.86 bits per heavy atom. The summed E-state index contributed by atoms with van der Waals surface area (Å²) in [7, 11) is 0. The molecule has 70 valence electrons. The van der Waals surface area contributed by atoms with Crippen molar-refractivity contribution in [3.8, 4) is 11.1 Å². The van der Waals surface area contributed by atoms with Gasteiger partial charge in [0, 0.05) is 21.0 Å². The van der Waals surface area contributed by atoms with Gasteiger partial charge in [0.2, 0.25) is 0 Å². The quantitative estimate of drug-likeness (QED) is 0.752. The molecule has 0 bridgehead atoms. The van der Waals surface area contributed by atoms with Crippen LogP contribution in [-0.2, 0) is 0 Å². The molecular weight excluding hydrogens is 260 g/mol. The number of hydrogen-bond acceptors (Lipinski definition) is 2. The first kappa shape index (κ1) is 9.62. The van der Waals surface area contributed by atoms with Crippen molar-refractivity contribution < 1.29 is 4.79 Å². The Balaban J connectivity index is 2.49. The van der Waals surface area contributed by atoms with E-state index in [4.69, 9.17) is 0 Å². The molecule has 3 heteroatoms. The zero-order valence-corrected chi connectivity index (χ0v) is 9.64. The molecule has 0 aliphatic rings. The predicted molar refractivity (Wildman–Crippen MR) is 62.8 cm³/mol. The molecule has 0 saturated carbocycles. The molecule has 1 nitrogen and oxygen atoms in total. The molecule has 0 aliphatic heterocycles. The minimum atomic E-state index is 0.761. The minimum absolute atomic E-state index is 0.761. The van der Waals surface area contributed by atoms with Crippen LogP contribution in [0, 0.1) is 0 Å². The van der Waals surface area contributed by atoms with E-state index in [2.05, 4.69) is 15.9 Å². The van der Waals surface area contributed by atoms with Crippen LogP contribution in [0.5, 0.6) is 0 Å². The second kappa shape index (κ2) is 4.07. The summed E-state index contributed by atoms with van der Waals surface area (Å²) in [5.41, 5.74) is 2.85. The number of halogens is 1. The topological polar surface area (TPSA) is 17.1 Å². The lowest BCUT2D eigenvalue weighted by Gasteiger charge is -1.99. The van der Waals surface area contributed by atoms with Crippen molar-refractivity contribution in [3.05, 3.63) is 45.1 Å². The molecule has 0 amide bonds. The zero-order chi connectivity index (χ0) is 9.97. The van der Waals surface area contributed by atoms with Crippen molar-refractivity contribution in [2.75, 3.05) is 0 Å². The van der Waals surface area contributed by atoms with Gasteiger partial charge in [0.05, 0.1) is 0 Å². The van der Waals surface area contributed by atoms with Gasteiger partial charge in [-0.25, -0.2) is 0 Å². The predicted octanol–water partition coefficient (Wildman–Crippen LogP) is 3.99. The van der Waals surface area contributed by atoms with Gasteiger partial charge in [0.15, 0.2) is 6.29 Å². The van der Waals surface area contributed by atoms with E-state index in [0.717, 1.165) is 27.4 Å². The molecule has 1 aromatic carbocycles. The molecule has 0 spiro atoms. The van der Waals surface area contributed by atoms with Crippen LogP contribution in [-0.4, -0.2) is 6.29 Å². The van der Waals surface area contributed by atoms with Crippen molar-refractivity contribution in [1.82, 2.24) is 0 Å². The Morgan fingerprint density at radius 1 is 1.14 bits per heavy atom. The maximum Gasteiger partial charge on any atom is 0.151 e. The number of thiophene rings is 1. The molecule has 0 saturated heterocycles. The lowest BCUT2D eigenvalue weighted by atomic mass is 10.1. The summed E-state index contributed by atoms with van der Waals surface area (Å²) in [5, 5.41) is 3.86. The van der Waals surface area contributed by atoms with Crippen molar-refractivity contribution >= 4 is 33.6 Å². The third kappa shape index (κ3) is 1.79. The largest absolute Gasteiger partial charge is 0.298 e. The lowest BCUT2D eigenvalue weighted by molar-refractivity contribution is 0.112. The summed E-state index contributed by atoms with van der Waals surface area (Å²) in [4.78, 5) is 10.7. The number of carbonyl (C=O) groups is 1. The first-order chi connectivity index (χ1) is 6.81. The molecular formula is C11H7BrOS. The third-order valence-electron chi connectivity index (χ3n) is 1.97. The van der Waals surface area contributed by atoms with Crippen LogP contribution in [0.4, 0.5) is 0 Å². The maximum atomic E-state index is 10.7. The standard InChI is InChI=1S/C11H7BrOS/c12-10-3-1-8(2-4-10)11-7-14-6-9(11)5-13/h1-7H. The van der Waals surface area contributed by atoms with Gasteiger partial charge in [0.1, 0.15) is 0 Å². The number of hydrogen-bond donors (Lipinski definition) is 0. The number of aldehydes is 1. The first-order valence-corrected chi connectivity index (χ1v) is 5.82. The van der Waals surface area contributed by atoms with E-state index in [0.29, 0.717) is 0 Å². The van der Waals surface area contributed by atoms with E-state index >= 15 is 0 Å². The van der Waals surface area contributed by atoms with E-state index in [9.17, 15) is 4.79 Å². The Labute approximate surface area is 94.5 Å². The highest BCUT2D eigenvalue weighted by Gasteiger charge is 2.04. The van der Waals surface area contributed by atoms with Gasteiger partial charge in [-0.15, -0.1) is 0 Å². The number of rotatable bonds is 2. The maximum absolute atomic E-state index is 10.7. The van der Waals surface area contributed by atoms with Crippen LogP contribution in [0.3, 0.4) is 0 Å². The minimum Gasteiger partial charge on any atom is -0.298 e. The second-order valence-corrected chi connectivity index (χ2v) is 4.52. The molecule has 0 radical (unpaired) electrons. The van der Waals surface area contributed by atoms with Gasteiger partial charge < -0.3 is 0 Å². The van der Waals surface area contributed by atoms with Crippen molar-refractivity contribution in [3.63, 3.8) is 0 Å². The van der Waals surface area contributed by atoms with Gasteiger partial charge >= 0.3 is 0 Å². The fourth-order valence-corrected chi connectivity index (χ4v) is 2.33. The van der Waals surface area contributed by atoms with E-state index in [1.165, 1.54) is 0 Å². The first-order valence-electron chi connectivity index (χ1n) is 4.08. The average molecular weight is 267 g/mol. The van der Waals surface area contributed by atoms with Crippen LogP contribution >= 0.6 is 27.3 Å². The Kier molecular flexibility index (Phi) is 2.79. The van der Waals surface area contributed by atoms with Crippen LogP contribution < -0.4 is 0 Å². The van der Waals surface area contributed by atoms with Crippen molar-refractivity contribution in [1.29, 1.82) is 0 Å². The Bertz CT molecular complexity index is 445. The Hall–Kier alpha value is -0.930. The average Bonchev–Trinajstić information content (AvgIpc) is 2.67. The molecule has 2 aromatic rings. The molecule has 2 rings (SSSR count). The summed E-state index contributed by atoms with van der Waals surface area (Å²) >= 11 is 4.92. The van der Waals surface area contributed by atoms with E-state index in [1.807, 2.05) is 35.0 Å². The number of carbonyl (C=O) groups excluding carboxylic acids is 1. The molecule has 0 aliphatic carbocycles. The number of benzene rings is 1. The van der Waals surface area contributed by atoms with Gasteiger partial charge in [-0.1, -0.05) is 28.1 Å². The fraction of sp³-hybridized carbons (Fsp3) is 0. The summed E-state index contributed by atoms with van der Waals surface area (Å²) in [5.74, 6) is 0. The molecule has 0 atom stereocenters. The van der Waals surface area contributed by atoms with Crippen molar-refractivity contribution in [2.24, 2.45) is 0 Å². The van der Waals surface area contributed by atoms with Crippen LogP contribution in [0.15, 0.2) is 39.5 Å². The van der Waals surface area contributed by atoms with Crippen LogP contribution in [0.25, 0.3) is 11.1 Å². The molecule has 1 heterocycles. The fourth-order valence-electron chi connectivity index (χ4n) is 1.26. The summed E-state index contributed by atoms with van der Waals surface area (Å²) in [6.07, 6.45) is 0.897. The Morgan fingerprint density at radius 3 is 2.50 bits per heavy atom. The smallest absolute Gasteiger partial charge is 0.151 e.